The molecule has 0 radical (unpaired) electrons. The summed E-state index contributed by atoms with van der Waals surface area (Å²) in [5.74, 6) is -0.886. The molecule has 1 unspecified atom stereocenters. The summed E-state index contributed by atoms with van der Waals surface area (Å²) >= 11 is 0. The number of carbonyl (C=O) groups excluding carboxylic acids is 1. The van der Waals surface area contributed by atoms with Crippen LogP contribution in [-0.4, -0.2) is 40.0 Å². The van der Waals surface area contributed by atoms with E-state index in [2.05, 4.69) is 9.84 Å². The Balaban J connectivity index is 2.98. The molecule has 0 aliphatic rings. The second kappa shape index (κ2) is 5.67. The lowest BCUT2D eigenvalue weighted by atomic mass is 10.3. The van der Waals surface area contributed by atoms with E-state index in [0.717, 1.165) is 12.3 Å². The Bertz CT molecular complexity index is 472. The van der Waals surface area contributed by atoms with Gasteiger partial charge in [0, 0.05) is 11.1 Å². The molecular weight excluding hydrogens is 271 g/mol. The summed E-state index contributed by atoms with van der Waals surface area (Å²) in [6.07, 6.45) is -3.99. The van der Waals surface area contributed by atoms with Crippen molar-refractivity contribution in [2.24, 2.45) is 0 Å². The predicted octanol–water partition coefficient (Wildman–Crippen LogP) is 1.44. The average Bonchev–Trinajstić information content (AvgIpc) is 2.73. The number of carbonyl (C=O) groups is 1. The molecule has 0 spiro atoms. The van der Waals surface area contributed by atoms with E-state index < -0.39 is 29.7 Å². The van der Waals surface area contributed by atoms with Crippen LogP contribution >= 0.6 is 0 Å². The molecule has 7 nitrogen and oxygen atoms in total. The fourth-order valence-electron chi connectivity index (χ4n) is 1.30. The summed E-state index contributed by atoms with van der Waals surface area (Å²) in [6.45, 7) is 0.205. The van der Waals surface area contributed by atoms with Gasteiger partial charge in [-0.3, -0.25) is 14.8 Å². The number of alkyl halides is 3. The minimum absolute atomic E-state index is 0.0449. The highest BCUT2D eigenvalue weighted by Crippen LogP contribution is 2.30. The second-order valence-electron chi connectivity index (χ2n) is 3.47. The molecule has 0 saturated carbocycles. The number of hydrogen-bond donors (Lipinski definition) is 0. The van der Waals surface area contributed by atoms with Crippen molar-refractivity contribution in [1.29, 1.82) is 0 Å². The second-order valence-corrected chi connectivity index (χ2v) is 3.47. The van der Waals surface area contributed by atoms with Crippen molar-refractivity contribution in [2.75, 3.05) is 13.2 Å². The fraction of sp³-hybridized carbons (Fsp3) is 0.556. The molecule has 10 heteroatoms. The first-order valence-electron chi connectivity index (χ1n) is 5.16. The number of nitrogens with zero attached hydrogens (tertiary/aromatic N) is 3. The normalized spacial score (nSPS) is 13.1. The number of aromatic nitrogens is 2. The zero-order chi connectivity index (χ0) is 14.6. The highest BCUT2D eigenvalue weighted by molar-refractivity contribution is 5.86. The largest absolute Gasteiger partial charge is 0.461 e. The van der Waals surface area contributed by atoms with Crippen LogP contribution in [0.1, 0.15) is 23.5 Å². The fourth-order valence-corrected chi connectivity index (χ4v) is 1.30. The van der Waals surface area contributed by atoms with E-state index in [1.807, 2.05) is 0 Å². The molecule has 0 aliphatic carbocycles. The van der Waals surface area contributed by atoms with Crippen molar-refractivity contribution in [1.82, 2.24) is 9.78 Å². The van der Waals surface area contributed by atoms with Crippen LogP contribution in [0, 0.1) is 10.1 Å². The van der Waals surface area contributed by atoms with Crippen molar-refractivity contribution in [3.8, 4) is 0 Å². The monoisotopic (exact) mass is 281 g/mol. The number of halogens is 3. The number of nitro groups is 1. The zero-order valence-corrected chi connectivity index (χ0v) is 9.75. The Morgan fingerprint density at radius 1 is 1.63 bits per heavy atom. The van der Waals surface area contributed by atoms with Crippen LogP contribution in [0.15, 0.2) is 12.3 Å². The predicted molar refractivity (Wildman–Crippen MR) is 55.1 cm³/mol. The SMILES string of the molecule is CCOC(=O)c1ccn(C(C[N+](=O)[O-])C(F)(F)F)n1. The van der Waals surface area contributed by atoms with Crippen LogP contribution in [0.2, 0.25) is 0 Å². The maximum atomic E-state index is 12.6. The van der Waals surface area contributed by atoms with Crippen LogP contribution in [0.3, 0.4) is 0 Å². The van der Waals surface area contributed by atoms with Gasteiger partial charge in [-0.2, -0.15) is 18.3 Å². The van der Waals surface area contributed by atoms with E-state index in [0.29, 0.717) is 4.68 Å². The van der Waals surface area contributed by atoms with E-state index in [-0.39, 0.29) is 12.3 Å². The van der Waals surface area contributed by atoms with Crippen molar-refractivity contribution < 1.29 is 27.6 Å². The topological polar surface area (TPSA) is 87.3 Å². The van der Waals surface area contributed by atoms with Crippen molar-refractivity contribution in [2.45, 2.75) is 19.1 Å². The molecule has 0 N–H and O–H groups in total. The summed E-state index contributed by atoms with van der Waals surface area (Å²) in [4.78, 5) is 20.4. The van der Waals surface area contributed by atoms with E-state index >= 15 is 0 Å². The Kier molecular flexibility index (Phi) is 4.46. The lowest BCUT2D eigenvalue weighted by Crippen LogP contribution is -2.33. The number of rotatable bonds is 5. The molecular formula is C9H10F3N3O4. The lowest BCUT2D eigenvalue weighted by molar-refractivity contribution is -0.495. The van der Waals surface area contributed by atoms with Gasteiger partial charge >= 0.3 is 12.1 Å². The molecule has 1 aromatic rings. The number of hydrogen-bond acceptors (Lipinski definition) is 5. The molecule has 1 atom stereocenters. The first-order valence-corrected chi connectivity index (χ1v) is 5.16. The highest BCUT2D eigenvalue weighted by atomic mass is 19.4. The molecule has 0 saturated heterocycles. The third kappa shape index (κ3) is 3.93. The molecule has 0 aromatic carbocycles. The van der Waals surface area contributed by atoms with Crippen molar-refractivity contribution >= 4 is 5.97 Å². The van der Waals surface area contributed by atoms with Gasteiger partial charge in [0.15, 0.2) is 5.69 Å². The maximum Gasteiger partial charge on any atom is 0.417 e. The van der Waals surface area contributed by atoms with Gasteiger partial charge in [-0.05, 0) is 13.0 Å². The van der Waals surface area contributed by atoms with E-state index in [1.54, 1.807) is 0 Å². The van der Waals surface area contributed by atoms with E-state index in [4.69, 9.17) is 0 Å². The molecule has 0 aliphatic heterocycles. The molecule has 1 rings (SSSR count). The van der Waals surface area contributed by atoms with Crippen molar-refractivity contribution in [3.05, 3.63) is 28.1 Å². The summed E-state index contributed by atoms with van der Waals surface area (Å²) < 4.78 is 42.8. The van der Waals surface area contributed by atoms with Crippen LogP contribution in [-0.2, 0) is 4.74 Å². The standard InChI is InChI=1S/C9H10F3N3O4/c1-2-19-8(16)6-3-4-14(13-6)7(5-15(17)18)9(10,11)12/h3-4,7H,2,5H2,1H3. The van der Waals surface area contributed by atoms with Gasteiger partial charge in [-0.25, -0.2) is 4.79 Å². The lowest BCUT2D eigenvalue weighted by Gasteiger charge is -2.16. The minimum atomic E-state index is -4.84. The van der Waals surface area contributed by atoms with Gasteiger partial charge in [-0.15, -0.1) is 0 Å². The molecule has 0 fully saturated rings. The van der Waals surface area contributed by atoms with Gasteiger partial charge in [0.05, 0.1) is 6.61 Å². The third-order valence-corrected chi connectivity index (χ3v) is 2.11. The summed E-state index contributed by atoms with van der Waals surface area (Å²) in [5.41, 5.74) is -0.334. The Labute approximate surface area is 105 Å². The third-order valence-electron chi connectivity index (χ3n) is 2.11. The zero-order valence-electron chi connectivity index (χ0n) is 9.75. The summed E-state index contributed by atoms with van der Waals surface area (Å²) in [5, 5.41) is 13.6. The molecule has 0 amide bonds. The van der Waals surface area contributed by atoms with Crippen LogP contribution < -0.4 is 0 Å². The van der Waals surface area contributed by atoms with Crippen LogP contribution in [0.25, 0.3) is 0 Å². The molecule has 106 valence electrons. The molecule has 1 aromatic heterocycles. The smallest absolute Gasteiger partial charge is 0.417 e. The van der Waals surface area contributed by atoms with Gasteiger partial charge in [0.2, 0.25) is 12.6 Å². The first-order chi connectivity index (χ1) is 8.75. The Morgan fingerprint density at radius 2 is 2.26 bits per heavy atom. The Morgan fingerprint density at radius 3 is 2.74 bits per heavy atom. The van der Waals surface area contributed by atoms with Crippen molar-refractivity contribution in [3.63, 3.8) is 0 Å². The van der Waals surface area contributed by atoms with Gasteiger partial charge in [-0.1, -0.05) is 0 Å². The quantitative estimate of drug-likeness (QED) is 0.463. The van der Waals surface area contributed by atoms with E-state index in [9.17, 15) is 28.1 Å². The summed E-state index contributed by atoms with van der Waals surface area (Å²) in [7, 11) is 0. The highest BCUT2D eigenvalue weighted by Gasteiger charge is 2.45. The first kappa shape index (κ1) is 14.9. The molecule has 1 heterocycles. The molecule has 0 bridgehead atoms. The van der Waals surface area contributed by atoms with Crippen LogP contribution in [0.4, 0.5) is 13.2 Å². The molecule has 19 heavy (non-hydrogen) atoms. The Hall–Kier alpha value is -2.13. The average molecular weight is 281 g/mol. The number of esters is 1. The van der Waals surface area contributed by atoms with Gasteiger partial charge in [0.25, 0.3) is 0 Å². The van der Waals surface area contributed by atoms with Gasteiger partial charge < -0.3 is 4.74 Å². The van der Waals surface area contributed by atoms with Gasteiger partial charge in [0.1, 0.15) is 0 Å². The summed E-state index contributed by atoms with van der Waals surface area (Å²) in [6, 6.07) is -1.41. The maximum absolute atomic E-state index is 12.6. The van der Waals surface area contributed by atoms with E-state index in [1.165, 1.54) is 6.92 Å². The minimum Gasteiger partial charge on any atom is -0.461 e. The van der Waals surface area contributed by atoms with Crippen LogP contribution in [0.5, 0.6) is 0 Å². The number of ether oxygens (including phenoxy) is 1.